The maximum atomic E-state index is 5.14. The Morgan fingerprint density at radius 1 is 1.38 bits per heavy atom. The lowest BCUT2D eigenvalue weighted by atomic mass is 10.1. The number of benzene rings is 1. The molecule has 1 aromatic rings. The summed E-state index contributed by atoms with van der Waals surface area (Å²) in [5.74, 6) is 0.731. The van der Waals surface area contributed by atoms with Crippen molar-refractivity contribution in [2.24, 2.45) is 4.99 Å². The van der Waals surface area contributed by atoms with Gasteiger partial charge in [-0.1, -0.05) is 29.8 Å². The number of aryl methyl sites for hydroxylation is 1. The van der Waals surface area contributed by atoms with Crippen molar-refractivity contribution in [2.75, 3.05) is 7.11 Å². The van der Waals surface area contributed by atoms with Crippen LogP contribution in [-0.4, -0.2) is 13.8 Å². The molecule has 0 unspecified atom stereocenters. The summed E-state index contributed by atoms with van der Waals surface area (Å²) in [6.07, 6.45) is 1.60. The summed E-state index contributed by atoms with van der Waals surface area (Å²) in [6, 6.07) is 8.06. The summed E-state index contributed by atoms with van der Waals surface area (Å²) >= 11 is 0. The fraction of sp³-hybridized carbons (Fsp3) is 0.182. The number of hydrogen-bond acceptors (Lipinski definition) is 2. The number of hydrogen-bond donors (Lipinski definition) is 0. The molecule has 0 N–H and O–H groups in total. The molecular formula is C11H13NO. The molecule has 0 saturated carbocycles. The molecule has 2 nitrogen and oxygen atoms in total. The van der Waals surface area contributed by atoms with E-state index < -0.39 is 0 Å². The molecule has 0 aliphatic rings. The van der Waals surface area contributed by atoms with Crippen molar-refractivity contribution in [2.45, 2.75) is 6.92 Å². The fourth-order valence-corrected chi connectivity index (χ4v) is 1.05. The van der Waals surface area contributed by atoms with Crippen LogP contribution in [0, 0.1) is 6.92 Å². The average molecular weight is 175 g/mol. The molecule has 0 aromatic heterocycles. The average Bonchev–Trinajstić information content (AvgIpc) is 2.16. The fourth-order valence-electron chi connectivity index (χ4n) is 1.05. The van der Waals surface area contributed by atoms with E-state index in [9.17, 15) is 0 Å². The van der Waals surface area contributed by atoms with Crippen LogP contribution in [0.1, 0.15) is 11.1 Å². The highest BCUT2D eigenvalue weighted by Gasteiger charge is 1.98. The molecule has 0 heterocycles. The van der Waals surface area contributed by atoms with Gasteiger partial charge in [0.2, 0.25) is 0 Å². The molecule has 68 valence electrons. The van der Waals surface area contributed by atoms with E-state index >= 15 is 0 Å². The molecule has 0 saturated heterocycles. The third kappa shape index (κ3) is 2.44. The molecule has 0 atom stereocenters. The molecular weight excluding hydrogens is 162 g/mol. The summed E-state index contributed by atoms with van der Waals surface area (Å²) in [5, 5.41) is 0. The largest absolute Gasteiger partial charge is 0.495 e. The number of aliphatic imine (C=N–C) groups is 1. The minimum atomic E-state index is 0.731. The first-order valence-corrected chi connectivity index (χ1v) is 4.05. The molecule has 0 aliphatic carbocycles. The van der Waals surface area contributed by atoms with Crippen LogP contribution in [0.5, 0.6) is 0 Å². The Morgan fingerprint density at radius 3 is 2.46 bits per heavy atom. The van der Waals surface area contributed by atoms with Gasteiger partial charge >= 0.3 is 0 Å². The van der Waals surface area contributed by atoms with Gasteiger partial charge in [0.05, 0.1) is 13.3 Å². The zero-order valence-corrected chi connectivity index (χ0v) is 7.95. The first-order valence-electron chi connectivity index (χ1n) is 4.05. The predicted octanol–water partition coefficient (Wildman–Crippen LogP) is 2.64. The Hall–Kier alpha value is -1.57. The van der Waals surface area contributed by atoms with Gasteiger partial charge in [-0.2, -0.15) is 0 Å². The zero-order valence-electron chi connectivity index (χ0n) is 7.95. The van der Waals surface area contributed by atoms with E-state index in [4.69, 9.17) is 4.74 Å². The van der Waals surface area contributed by atoms with Crippen LogP contribution >= 0.6 is 0 Å². The first-order chi connectivity index (χ1) is 6.27. The summed E-state index contributed by atoms with van der Waals surface area (Å²) in [5.41, 5.74) is 2.24. The highest BCUT2D eigenvalue weighted by atomic mass is 16.5. The van der Waals surface area contributed by atoms with E-state index in [1.165, 1.54) is 5.56 Å². The van der Waals surface area contributed by atoms with Crippen LogP contribution in [0.25, 0.3) is 5.76 Å². The maximum Gasteiger partial charge on any atom is 0.144 e. The van der Waals surface area contributed by atoms with E-state index in [1.807, 2.05) is 31.2 Å². The van der Waals surface area contributed by atoms with Gasteiger partial charge in [0.15, 0.2) is 0 Å². The summed E-state index contributed by atoms with van der Waals surface area (Å²) in [7, 11) is 1.62. The lowest BCUT2D eigenvalue weighted by Gasteiger charge is -2.04. The second-order valence-electron chi connectivity index (χ2n) is 2.75. The molecule has 0 bridgehead atoms. The zero-order chi connectivity index (χ0) is 9.68. The number of rotatable bonds is 3. The molecule has 1 rings (SSSR count). The predicted molar refractivity (Wildman–Crippen MR) is 55.7 cm³/mol. The van der Waals surface area contributed by atoms with Gasteiger partial charge in [0.1, 0.15) is 5.76 Å². The van der Waals surface area contributed by atoms with Crippen molar-refractivity contribution in [1.29, 1.82) is 0 Å². The number of nitrogens with zero attached hydrogens (tertiary/aromatic N) is 1. The molecule has 0 fully saturated rings. The lowest BCUT2D eigenvalue weighted by Crippen LogP contribution is -1.86. The molecule has 0 spiro atoms. The maximum absolute atomic E-state index is 5.14. The number of ether oxygens (including phenoxy) is 1. The molecule has 13 heavy (non-hydrogen) atoms. The van der Waals surface area contributed by atoms with Crippen molar-refractivity contribution in [3.8, 4) is 0 Å². The van der Waals surface area contributed by atoms with Gasteiger partial charge in [-0.15, -0.1) is 0 Å². The summed E-state index contributed by atoms with van der Waals surface area (Å²) < 4.78 is 5.14. The Morgan fingerprint density at radius 2 is 2.00 bits per heavy atom. The molecule has 0 radical (unpaired) electrons. The first kappa shape index (κ1) is 9.52. The lowest BCUT2D eigenvalue weighted by molar-refractivity contribution is 0.369. The smallest absolute Gasteiger partial charge is 0.144 e. The highest BCUT2D eigenvalue weighted by Crippen LogP contribution is 2.15. The van der Waals surface area contributed by atoms with Crippen LogP contribution in [0.3, 0.4) is 0 Å². The summed E-state index contributed by atoms with van der Waals surface area (Å²) in [6.45, 7) is 5.43. The van der Waals surface area contributed by atoms with E-state index in [2.05, 4.69) is 11.7 Å². The van der Waals surface area contributed by atoms with Crippen molar-refractivity contribution >= 4 is 12.5 Å². The summed E-state index contributed by atoms with van der Waals surface area (Å²) in [4.78, 5) is 3.67. The normalized spacial score (nSPS) is 11.1. The van der Waals surface area contributed by atoms with Crippen LogP contribution in [0.4, 0.5) is 0 Å². The van der Waals surface area contributed by atoms with Crippen LogP contribution < -0.4 is 0 Å². The Bertz CT molecular complexity index is 311. The van der Waals surface area contributed by atoms with E-state index in [-0.39, 0.29) is 0 Å². The Kier molecular flexibility index (Phi) is 3.26. The Labute approximate surface area is 78.6 Å². The second kappa shape index (κ2) is 4.45. The van der Waals surface area contributed by atoms with Crippen molar-refractivity contribution < 1.29 is 4.74 Å². The second-order valence-corrected chi connectivity index (χ2v) is 2.75. The van der Waals surface area contributed by atoms with Gasteiger partial charge in [-0.05, 0) is 13.6 Å². The van der Waals surface area contributed by atoms with Crippen molar-refractivity contribution in [3.63, 3.8) is 0 Å². The van der Waals surface area contributed by atoms with Gasteiger partial charge in [0, 0.05) is 5.56 Å². The highest BCUT2D eigenvalue weighted by molar-refractivity contribution is 5.60. The minimum Gasteiger partial charge on any atom is -0.495 e. The minimum absolute atomic E-state index is 0.731. The molecule has 2 heteroatoms. The van der Waals surface area contributed by atoms with E-state index in [1.54, 1.807) is 13.3 Å². The van der Waals surface area contributed by atoms with Crippen LogP contribution in [0.2, 0.25) is 0 Å². The van der Waals surface area contributed by atoms with Crippen molar-refractivity contribution in [3.05, 3.63) is 41.6 Å². The van der Waals surface area contributed by atoms with Crippen molar-refractivity contribution in [1.82, 2.24) is 0 Å². The van der Waals surface area contributed by atoms with Gasteiger partial charge in [0.25, 0.3) is 0 Å². The topological polar surface area (TPSA) is 21.6 Å². The van der Waals surface area contributed by atoms with Gasteiger partial charge in [-0.25, -0.2) is 0 Å². The molecule has 0 aliphatic heterocycles. The van der Waals surface area contributed by atoms with E-state index in [0.29, 0.717) is 0 Å². The third-order valence-electron chi connectivity index (χ3n) is 1.76. The SMILES string of the molecule is C=N/C=C(\OC)c1ccc(C)cc1. The monoisotopic (exact) mass is 175 g/mol. The van der Waals surface area contributed by atoms with Gasteiger partial charge in [-0.3, -0.25) is 4.99 Å². The Balaban J connectivity index is 2.99. The molecule has 0 amide bonds. The number of methoxy groups -OCH3 is 1. The van der Waals surface area contributed by atoms with Gasteiger partial charge < -0.3 is 4.74 Å². The standard InChI is InChI=1S/C11H13NO/c1-9-4-6-10(7-5-9)11(13-3)8-12-2/h4-8H,2H2,1,3H3/b11-8-. The van der Waals surface area contributed by atoms with Crippen LogP contribution in [-0.2, 0) is 4.74 Å². The van der Waals surface area contributed by atoms with Crippen LogP contribution in [0.15, 0.2) is 35.5 Å². The quantitative estimate of drug-likeness (QED) is 0.511. The van der Waals surface area contributed by atoms with E-state index in [0.717, 1.165) is 11.3 Å². The molecule has 1 aromatic carbocycles. The third-order valence-corrected chi connectivity index (χ3v) is 1.76.